The lowest BCUT2D eigenvalue weighted by Crippen LogP contribution is -2.61. The van der Waals surface area contributed by atoms with Gasteiger partial charge in [0.25, 0.3) is 0 Å². The predicted octanol–water partition coefficient (Wildman–Crippen LogP) is 2.45. The Morgan fingerprint density at radius 1 is 1.18 bits per heavy atom. The molecule has 3 atom stereocenters. The summed E-state index contributed by atoms with van der Waals surface area (Å²) in [7, 11) is 0. The number of carbonyl (C=O) groups excluding carboxylic acids is 3. The van der Waals surface area contributed by atoms with Crippen LogP contribution in [-0.2, 0) is 9.59 Å². The molecule has 3 rings (SSSR count). The molecule has 1 aromatic carbocycles. The highest BCUT2D eigenvalue weighted by Gasteiger charge is 2.46. The maximum absolute atomic E-state index is 12.7. The Morgan fingerprint density at radius 3 is 2.46 bits per heavy atom. The molecule has 0 radical (unpaired) electrons. The van der Waals surface area contributed by atoms with Gasteiger partial charge in [0.15, 0.2) is 0 Å². The van der Waals surface area contributed by atoms with Gasteiger partial charge in [-0.2, -0.15) is 0 Å². The second-order valence-corrected chi connectivity index (χ2v) is 8.50. The Kier molecular flexibility index (Phi) is 5.91. The average molecular weight is 386 g/mol. The van der Waals surface area contributed by atoms with Crippen molar-refractivity contribution in [1.29, 1.82) is 0 Å². The summed E-state index contributed by atoms with van der Waals surface area (Å²) in [6.07, 6.45) is 1.06. The highest BCUT2D eigenvalue weighted by Crippen LogP contribution is 2.25. The third-order valence-electron chi connectivity index (χ3n) is 5.38. The number of nitrogens with one attached hydrogen (secondary N) is 3. The molecule has 7 heteroatoms. The van der Waals surface area contributed by atoms with E-state index in [2.05, 4.69) is 29.8 Å². The maximum atomic E-state index is 12.7. The van der Waals surface area contributed by atoms with Crippen molar-refractivity contribution in [3.05, 3.63) is 29.8 Å². The summed E-state index contributed by atoms with van der Waals surface area (Å²) >= 11 is 0. The van der Waals surface area contributed by atoms with E-state index in [1.165, 1.54) is 5.56 Å². The second kappa shape index (κ2) is 8.20. The van der Waals surface area contributed by atoms with E-state index in [9.17, 15) is 14.4 Å². The van der Waals surface area contributed by atoms with Crippen molar-refractivity contribution in [2.24, 2.45) is 5.92 Å². The molecule has 2 saturated heterocycles. The fourth-order valence-electron chi connectivity index (χ4n) is 3.90. The van der Waals surface area contributed by atoms with Crippen molar-refractivity contribution < 1.29 is 14.4 Å². The van der Waals surface area contributed by atoms with Crippen LogP contribution < -0.4 is 16.0 Å². The van der Waals surface area contributed by atoms with Gasteiger partial charge in [-0.05, 0) is 42.4 Å². The van der Waals surface area contributed by atoms with Crippen LogP contribution in [0.15, 0.2) is 24.3 Å². The van der Waals surface area contributed by atoms with E-state index < -0.39 is 12.1 Å². The molecule has 28 heavy (non-hydrogen) atoms. The Balaban J connectivity index is 1.57. The number of piperazine rings is 1. The molecule has 0 spiro atoms. The van der Waals surface area contributed by atoms with E-state index in [4.69, 9.17) is 0 Å². The molecule has 1 aromatic rings. The van der Waals surface area contributed by atoms with Gasteiger partial charge in [0.1, 0.15) is 12.1 Å². The summed E-state index contributed by atoms with van der Waals surface area (Å²) in [6, 6.07) is 6.21. The van der Waals surface area contributed by atoms with Crippen molar-refractivity contribution in [1.82, 2.24) is 15.5 Å². The van der Waals surface area contributed by atoms with Gasteiger partial charge >= 0.3 is 6.03 Å². The zero-order valence-electron chi connectivity index (χ0n) is 17.0. The first kappa shape index (κ1) is 20.2. The Bertz CT molecular complexity index is 745. The highest BCUT2D eigenvalue weighted by molar-refractivity contribution is 5.98. The molecule has 2 aliphatic rings. The largest absolute Gasteiger partial charge is 0.342 e. The normalized spacial score (nSPS) is 24.4. The number of anilines is 1. The fourth-order valence-corrected chi connectivity index (χ4v) is 3.90. The molecular formula is C21H30N4O3. The monoisotopic (exact) mass is 386 g/mol. The van der Waals surface area contributed by atoms with Gasteiger partial charge in [0.05, 0.1) is 6.04 Å². The zero-order valence-corrected chi connectivity index (χ0v) is 17.0. The minimum absolute atomic E-state index is 0.0488. The first-order chi connectivity index (χ1) is 13.2. The van der Waals surface area contributed by atoms with Gasteiger partial charge in [-0.1, -0.05) is 39.8 Å². The third kappa shape index (κ3) is 4.46. The molecule has 4 amide bonds. The van der Waals surface area contributed by atoms with Crippen LogP contribution >= 0.6 is 0 Å². The van der Waals surface area contributed by atoms with E-state index in [0.29, 0.717) is 36.9 Å². The molecule has 2 fully saturated rings. The molecule has 0 saturated carbocycles. The first-order valence-corrected chi connectivity index (χ1v) is 10.0. The van der Waals surface area contributed by atoms with Crippen LogP contribution in [0.4, 0.5) is 10.5 Å². The minimum atomic E-state index is -0.494. The number of benzene rings is 1. The lowest BCUT2D eigenvalue weighted by atomic mass is 9.99. The number of hydrogen-bond donors (Lipinski definition) is 3. The van der Waals surface area contributed by atoms with Crippen molar-refractivity contribution in [2.75, 3.05) is 11.9 Å². The lowest BCUT2D eigenvalue weighted by molar-refractivity contribution is -0.147. The topological polar surface area (TPSA) is 90.5 Å². The molecule has 152 valence electrons. The summed E-state index contributed by atoms with van der Waals surface area (Å²) in [5.41, 5.74) is 1.92. The van der Waals surface area contributed by atoms with Crippen LogP contribution in [0.3, 0.4) is 0 Å². The molecule has 0 aliphatic carbocycles. The number of urea groups is 1. The van der Waals surface area contributed by atoms with Crippen LogP contribution in [0, 0.1) is 5.92 Å². The summed E-state index contributed by atoms with van der Waals surface area (Å²) in [4.78, 5) is 39.0. The maximum Gasteiger partial charge on any atom is 0.319 e. The molecule has 0 bridgehead atoms. The lowest BCUT2D eigenvalue weighted by Gasteiger charge is -2.35. The quantitative estimate of drug-likeness (QED) is 0.726. The van der Waals surface area contributed by atoms with E-state index in [1.807, 2.05) is 38.1 Å². The number of hydrogen-bond acceptors (Lipinski definition) is 3. The zero-order chi connectivity index (χ0) is 20.4. The number of fused-ring (bicyclic) bond motifs is 1. The number of rotatable bonds is 5. The average Bonchev–Trinajstić information content (AvgIpc) is 3.04. The molecule has 7 nitrogen and oxygen atoms in total. The van der Waals surface area contributed by atoms with E-state index >= 15 is 0 Å². The van der Waals surface area contributed by atoms with Crippen LogP contribution in [0.5, 0.6) is 0 Å². The Labute approximate surface area is 166 Å². The molecule has 3 N–H and O–H groups in total. The predicted molar refractivity (Wildman–Crippen MR) is 108 cm³/mol. The van der Waals surface area contributed by atoms with Crippen LogP contribution in [0.1, 0.15) is 52.0 Å². The van der Waals surface area contributed by atoms with Crippen molar-refractivity contribution >= 4 is 23.5 Å². The molecule has 0 unspecified atom stereocenters. The highest BCUT2D eigenvalue weighted by atomic mass is 16.2. The Morgan fingerprint density at radius 2 is 1.86 bits per heavy atom. The van der Waals surface area contributed by atoms with Gasteiger partial charge in [-0.25, -0.2) is 4.79 Å². The van der Waals surface area contributed by atoms with E-state index in [0.717, 1.165) is 0 Å². The number of amides is 4. The fraction of sp³-hybridized carbons (Fsp3) is 0.571. The Hall–Kier alpha value is -2.57. The van der Waals surface area contributed by atoms with Gasteiger partial charge in [0, 0.05) is 12.2 Å². The smallest absolute Gasteiger partial charge is 0.319 e. The van der Waals surface area contributed by atoms with Crippen LogP contribution in [-0.4, -0.2) is 47.4 Å². The summed E-state index contributed by atoms with van der Waals surface area (Å²) in [6.45, 7) is 8.65. The minimum Gasteiger partial charge on any atom is -0.342 e. The van der Waals surface area contributed by atoms with E-state index in [-0.39, 0.29) is 23.9 Å². The summed E-state index contributed by atoms with van der Waals surface area (Å²) in [5, 5.41) is 8.55. The van der Waals surface area contributed by atoms with Gasteiger partial charge < -0.3 is 20.9 Å². The molecule has 2 aliphatic heterocycles. The SMILES string of the molecule is CC(C)C[C@@H]1NC(=O)[C@@H]2C[C@H](NC(=O)Nc3ccc(C(C)C)cc3)CN2C1=O. The van der Waals surface area contributed by atoms with Crippen molar-refractivity contribution in [3.63, 3.8) is 0 Å². The van der Waals surface area contributed by atoms with Gasteiger partial charge in [-0.3, -0.25) is 9.59 Å². The summed E-state index contributed by atoms with van der Waals surface area (Å²) < 4.78 is 0. The van der Waals surface area contributed by atoms with E-state index in [1.54, 1.807) is 4.90 Å². The van der Waals surface area contributed by atoms with Crippen molar-refractivity contribution in [3.8, 4) is 0 Å². The van der Waals surface area contributed by atoms with Gasteiger partial charge in [-0.15, -0.1) is 0 Å². The molecular weight excluding hydrogens is 356 g/mol. The standard InChI is InChI=1S/C21H30N4O3/c1-12(2)9-17-20(27)25-11-16(10-18(25)19(26)24-17)23-21(28)22-15-7-5-14(6-8-15)13(3)4/h5-8,12-13,16-18H,9-11H2,1-4H3,(H,24,26)(H2,22,23,28)/t16-,17-,18-/m0/s1. The third-order valence-corrected chi connectivity index (χ3v) is 5.38. The second-order valence-electron chi connectivity index (χ2n) is 8.50. The molecule has 2 heterocycles. The van der Waals surface area contributed by atoms with Gasteiger partial charge in [0.2, 0.25) is 11.8 Å². The number of carbonyl (C=O) groups is 3. The van der Waals surface area contributed by atoms with Crippen LogP contribution in [0.2, 0.25) is 0 Å². The molecule has 0 aromatic heterocycles. The number of nitrogens with zero attached hydrogens (tertiary/aromatic N) is 1. The summed E-state index contributed by atoms with van der Waals surface area (Å²) in [5.74, 6) is 0.573. The van der Waals surface area contributed by atoms with Crippen LogP contribution in [0.25, 0.3) is 0 Å². The first-order valence-electron chi connectivity index (χ1n) is 10.0. The van der Waals surface area contributed by atoms with Crippen molar-refractivity contribution in [2.45, 2.75) is 64.6 Å².